The molecule has 0 aliphatic rings. The Kier molecular flexibility index (Phi) is 9.38. The van der Waals surface area contributed by atoms with Crippen LogP contribution in [0.2, 0.25) is 0 Å². The summed E-state index contributed by atoms with van der Waals surface area (Å²) in [5, 5.41) is 13.1. The van der Waals surface area contributed by atoms with Gasteiger partial charge in [-0.3, -0.25) is 0 Å². The predicted molar refractivity (Wildman–Crippen MR) is 139 cm³/mol. The van der Waals surface area contributed by atoms with E-state index in [-0.39, 0.29) is 6.42 Å². The Morgan fingerprint density at radius 1 is 1.06 bits per heavy atom. The maximum absolute atomic E-state index is 12.2. The number of carbonyl (C=O) groups is 1. The number of rotatable bonds is 13. The number of benzene rings is 1. The van der Waals surface area contributed by atoms with Gasteiger partial charge in [0, 0.05) is 44.7 Å². The molecule has 2 heterocycles. The van der Waals surface area contributed by atoms with Crippen LogP contribution in [0.25, 0.3) is 11.4 Å². The number of aryl methyl sites for hydroxylation is 1. The van der Waals surface area contributed by atoms with Gasteiger partial charge in [0.1, 0.15) is 28.9 Å². The fraction of sp³-hybridized carbons (Fsp3) is 0.423. The summed E-state index contributed by atoms with van der Waals surface area (Å²) < 4.78 is 10.9. The van der Waals surface area contributed by atoms with Crippen molar-refractivity contribution in [1.82, 2.24) is 19.9 Å². The molecule has 0 unspecified atom stereocenters. The molecule has 0 fully saturated rings. The average Bonchev–Trinajstić information content (AvgIpc) is 2.88. The summed E-state index contributed by atoms with van der Waals surface area (Å²) in [5.74, 6) is 1.66. The van der Waals surface area contributed by atoms with Crippen LogP contribution in [-0.4, -0.2) is 65.4 Å². The van der Waals surface area contributed by atoms with Gasteiger partial charge >= 0.3 is 5.97 Å². The van der Waals surface area contributed by atoms with Gasteiger partial charge in [-0.05, 0) is 30.5 Å². The van der Waals surface area contributed by atoms with E-state index in [1.54, 1.807) is 49.8 Å². The number of hydrogen-bond donors (Lipinski definition) is 2. The van der Waals surface area contributed by atoms with E-state index in [1.807, 2.05) is 20.2 Å². The van der Waals surface area contributed by atoms with Crippen LogP contribution in [0, 0.1) is 0 Å². The fourth-order valence-corrected chi connectivity index (χ4v) is 3.75. The van der Waals surface area contributed by atoms with Crippen molar-refractivity contribution < 1.29 is 19.4 Å². The molecule has 0 aliphatic carbocycles. The Morgan fingerprint density at radius 3 is 2.28 bits per heavy atom. The van der Waals surface area contributed by atoms with E-state index in [4.69, 9.17) is 9.47 Å². The second-order valence-electron chi connectivity index (χ2n) is 8.59. The van der Waals surface area contributed by atoms with Crippen LogP contribution >= 0.6 is 0 Å². The molecule has 0 saturated carbocycles. The second kappa shape index (κ2) is 12.7. The molecule has 0 aliphatic heterocycles. The number of hydrogen-bond acceptors (Lipinski definition) is 9. The van der Waals surface area contributed by atoms with E-state index >= 15 is 0 Å². The minimum Gasteiger partial charge on any atom is -0.496 e. The first-order valence-electron chi connectivity index (χ1n) is 11.9. The van der Waals surface area contributed by atoms with Crippen molar-refractivity contribution in [2.24, 2.45) is 0 Å². The SMILES string of the molecule is CCCCCc1cnc(N(C)C)nc1N[C@@H](Cc1cnc(-c2c(OC)cccc2OC)nc1)C(=O)O. The number of carboxylic acid groups (broad SMARTS) is 1. The quantitative estimate of drug-likeness (QED) is 0.339. The van der Waals surface area contributed by atoms with Gasteiger partial charge in [-0.25, -0.2) is 19.7 Å². The highest BCUT2D eigenvalue weighted by atomic mass is 16.5. The minimum atomic E-state index is -0.991. The zero-order valence-electron chi connectivity index (χ0n) is 21.5. The van der Waals surface area contributed by atoms with Gasteiger partial charge in [0.05, 0.1) is 14.2 Å². The third kappa shape index (κ3) is 6.59. The molecular weight excluding hydrogens is 460 g/mol. The Balaban J connectivity index is 1.84. The summed E-state index contributed by atoms with van der Waals surface area (Å²) in [6, 6.07) is 4.52. The van der Waals surface area contributed by atoms with E-state index in [9.17, 15) is 9.90 Å². The first kappa shape index (κ1) is 26.7. The first-order chi connectivity index (χ1) is 17.4. The van der Waals surface area contributed by atoms with Crippen molar-refractivity contribution in [2.45, 2.75) is 45.1 Å². The lowest BCUT2D eigenvalue weighted by atomic mass is 10.1. The van der Waals surface area contributed by atoms with Crippen molar-refractivity contribution in [3.63, 3.8) is 0 Å². The Hall–Kier alpha value is -3.95. The van der Waals surface area contributed by atoms with Gasteiger partial charge in [0.25, 0.3) is 0 Å². The van der Waals surface area contributed by atoms with Crippen molar-refractivity contribution >= 4 is 17.7 Å². The second-order valence-corrected chi connectivity index (χ2v) is 8.59. The number of aromatic nitrogens is 4. The van der Waals surface area contributed by atoms with Crippen LogP contribution in [-0.2, 0) is 17.6 Å². The summed E-state index contributed by atoms with van der Waals surface area (Å²) in [5.41, 5.74) is 2.20. The number of methoxy groups -OCH3 is 2. The molecule has 36 heavy (non-hydrogen) atoms. The van der Waals surface area contributed by atoms with E-state index in [2.05, 4.69) is 32.2 Å². The molecule has 2 aromatic heterocycles. The molecule has 0 saturated heterocycles. The molecule has 0 bridgehead atoms. The maximum atomic E-state index is 12.2. The number of aliphatic carboxylic acids is 1. The lowest BCUT2D eigenvalue weighted by Crippen LogP contribution is -2.32. The van der Waals surface area contributed by atoms with Gasteiger partial charge in [-0.15, -0.1) is 0 Å². The highest BCUT2D eigenvalue weighted by Gasteiger charge is 2.22. The van der Waals surface area contributed by atoms with Gasteiger partial charge in [-0.1, -0.05) is 25.8 Å². The molecule has 0 spiro atoms. The van der Waals surface area contributed by atoms with Gasteiger partial charge in [0.15, 0.2) is 5.82 Å². The van der Waals surface area contributed by atoms with Crippen LogP contribution in [0.4, 0.5) is 11.8 Å². The summed E-state index contributed by atoms with van der Waals surface area (Å²) >= 11 is 0. The highest BCUT2D eigenvalue weighted by molar-refractivity contribution is 5.78. The molecule has 2 N–H and O–H groups in total. The van der Waals surface area contributed by atoms with Crippen molar-refractivity contribution in [3.8, 4) is 22.9 Å². The predicted octanol–water partition coefficient (Wildman–Crippen LogP) is 3.86. The molecule has 10 nitrogen and oxygen atoms in total. The molecule has 3 aromatic rings. The zero-order valence-corrected chi connectivity index (χ0v) is 21.5. The van der Waals surface area contributed by atoms with Crippen LogP contribution in [0.5, 0.6) is 11.5 Å². The van der Waals surface area contributed by atoms with Crippen molar-refractivity contribution in [1.29, 1.82) is 0 Å². The first-order valence-corrected chi connectivity index (χ1v) is 11.9. The molecule has 3 rings (SSSR count). The Morgan fingerprint density at radius 2 is 1.72 bits per heavy atom. The number of nitrogens with zero attached hydrogens (tertiary/aromatic N) is 5. The van der Waals surface area contributed by atoms with Crippen LogP contribution in [0.3, 0.4) is 0 Å². The fourth-order valence-electron chi connectivity index (χ4n) is 3.75. The lowest BCUT2D eigenvalue weighted by Gasteiger charge is -2.19. The molecular formula is C26H34N6O4. The Labute approximate surface area is 211 Å². The van der Waals surface area contributed by atoms with Crippen LogP contribution < -0.4 is 19.7 Å². The van der Waals surface area contributed by atoms with Crippen LogP contribution in [0.1, 0.15) is 37.3 Å². The smallest absolute Gasteiger partial charge is 0.326 e. The lowest BCUT2D eigenvalue weighted by molar-refractivity contribution is -0.137. The number of ether oxygens (including phenoxy) is 2. The monoisotopic (exact) mass is 494 g/mol. The zero-order chi connectivity index (χ0) is 26.1. The average molecular weight is 495 g/mol. The van der Waals surface area contributed by atoms with Gasteiger partial charge in [0.2, 0.25) is 5.95 Å². The van der Waals surface area contributed by atoms with Crippen molar-refractivity contribution in [3.05, 3.63) is 47.9 Å². The summed E-state index contributed by atoms with van der Waals surface area (Å²) in [6.45, 7) is 2.14. The Bertz CT molecular complexity index is 1130. The normalized spacial score (nSPS) is 11.6. The standard InChI is InChI=1S/C26H34N6O4/c1-6-7-8-10-18-16-29-26(32(2)3)31-23(18)30-19(25(33)34)13-17-14-27-24(28-15-17)22-20(35-4)11-9-12-21(22)36-5/h9,11-12,14-16,19H,6-8,10,13H2,1-5H3,(H,33,34)(H,29,30,31)/t19-/m0/s1. The van der Waals surface area contributed by atoms with Gasteiger partial charge in [-0.2, -0.15) is 4.98 Å². The van der Waals surface area contributed by atoms with Crippen LogP contribution in [0.15, 0.2) is 36.8 Å². The highest BCUT2D eigenvalue weighted by Crippen LogP contribution is 2.36. The van der Waals surface area contributed by atoms with Crippen molar-refractivity contribution in [2.75, 3.05) is 38.5 Å². The molecule has 1 aromatic carbocycles. The minimum absolute atomic E-state index is 0.175. The maximum Gasteiger partial charge on any atom is 0.326 e. The number of carboxylic acids is 1. The summed E-state index contributed by atoms with van der Waals surface area (Å²) in [4.78, 5) is 31.9. The topological polar surface area (TPSA) is 123 Å². The number of nitrogens with one attached hydrogen (secondary N) is 1. The van der Waals surface area contributed by atoms with E-state index in [0.717, 1.165) is 31.2 Å². The number of anilines is 2. The third-order valence-electron chi connectivity index (χ3n) is 5.71. The molecule has 1 atom stereocenters. The largest absolute Gasteiger partial charge is 0.496 e. The van der Waals surface area contributed by atoms with E-state index < -0.39 is 12.0 Å². The summed E-state index contributed by atoms with van der Waals surface area (Å²) in [6.07, 6.45) is 9.13. The molecule has 0 amide bonds. The van der Waals surface area contributed by atoms with E-state index in [0.29, 0.717) is 40.2 Å². The van der Waals surface area contributed by atoms with Gasteiger partial charge < -0.3 is 24.8 Å². The third-order valence-corrected chi connectivity index (χ3v) is 5.71. The molecule has 10 heteroatoms. The van der Waals surface area contributed by atoms with E-state index in [1.165, 1.54) is 0 Å². The number of unbranched alkanes of at least 4 members (excludes halogenated alkanes) is 2. The molecule has 192 valence electrons. The molecule has 0 radical (unpaired) electrons. The summed E-state index contributed by atoms with van der Waals surface area (Å²) in [7, 11) is 6.84.